The third-order valence-corrected chi connectivity index (χ3v) is 4.48. The molecule has 0 aromatic rings. The van der Waals surface area contributed by atoms with Gasteiger partial charge in [-0.2, -0.15) is 11.8 Å². The summed E-state index contributed by atoms with van der Waals surface area (Å²) in [5.74, 6) is 1.75. The van der Waals surface area contributed by atoms with Gasteiger partial charge in [0, 0.05) is 22.2 Å². The summed E-state index contributed by atoms with van der Waals surface area (Å²) in [6, 6.07) is 0. The van der Waals surface area contributed by atoms with Crippen LogP contribution in [-0.4, -0.2) is 33.1 Å². The van der Waals surface area contributed by atoms with E-state index in [-0.39, 0.29) is 22.4 Å². The van der Waals surface area contributed by atoms with Crippen molar-refractivity contribution < 1.29 is 9.90 Å². The van der Waals surface area contributed by atoms with E-state index in [0.717, 1.165) is 11.5 Å². The zero-order valence-electron chi connectivity index (χ0n) is 9.37. The second kappa shape index (κ2) is 6.75. The molecule has 0 amide bonds. The van der Waals surface area contributed by atoms with Crippen LogP contribution >= 0.6 is 23.5 Å². The van der Waals surface area contributed by atoms with Crippen molar-refractivity contribution in [3.63, 3.8) is 0 Å². The fourth-order valence-electron chi connectivity index (χ4n) is 0.802. The van der Waals surface area contributed by atoms with E-state index in [2.05, 4.69) is 13.8 Å². The van der Waals surface area contributed by atoms with Crippen LogP contribution < -0.4 is 0 Å². The summed E-state index contributed by atoms with van der Waals surface area (Å²) < 4.78 is -0.0266. The van der Waals surface area contributed by atoms with Crippen LogP contribution in [-0.2, 0) is 4.79 Å². The minimum atomic E-state index is -0.0266. The first-order valence-corrected chi connectivity index (χ1v) is 6.77. The van der Waals surface area contributed by atoms with Crippen molar-refractivity contribution in [2.24, 2.45) is 5.92 Å². The summed E-state index contributed by atoms with van der Waals surface area (Å²) in [6.07, 6.45) is 0. The zero-order chi connectivity index (χ0) is 11.2. The summed E-state index contributed by atoms with van der Waals surface area (Å²) >= 11 is 3.11. The van der Waals surface area contributed by atoms with Crippen LogP contribution in [0.1, 0.15) is 27.7 Å². The fraction of sp³-hybridized carbons (Fsp3) is 0.900. The molecule has 2 nitrogen and oxygen atoms in total. The summed E-state index contributed by atoms with van der Waals surface area (Å²) in [6.45, 7) is 8.20. The first kappa shape index (κ1) is 14.3. The molecule has 84 valence electrons. The van der Waals surface area contributed by atoms with E-state index in [1.165, 1.54) is 11.8 Å². The van der Waals surface area contributed by atoms with Crippen molar-refractivity contribution in [1.29, 1.82) is 0 Å². The van der Waals surface area contributed by atoms with E-state index in [1.54, 1.807) is 11.8 Å². The van der Waals surface area contributed by atoms with Crippen molar-refractivity contribution in [3.8, 4) is 0 Å². The number of aliphatic hydroxyl groups is 1. The Bertz CT molecular complexity index is 179. The predicted octanol–water partition coefficient (Wildman–Crippen LogP) is 2.41. The van der Waals surface area contributed by atoms with Crippen LogP contribution in [0, 0.1) is 5.92 Å². The molecular weight excluding hydrogens is 216 g/mol. The number of aliphatic hydroxyl groups excluding tert-OH is 1. The van der Waals surface area contributed by atoms with Crippen LogP contribution in [0.4, 0.5) is 0 Å². The van der Waals surface area contributed by atoms with Crippen LogP contribution in [0.5, 0.6) is 0 Å². The maximum absolute atomic E-state index is 11.5. The highest BCUT2D eigenvalue weighted by Gasteiger charge is 2.23. The molecule has 1 N–H and O–H groups in total. The quantitative estimate of drug-likeness (QED) is 0.719. The molecule has 0 atom stereocenters. The topological polar surface area (TPSA) is 37.3 Å². The van der Waals surface area contributed by atoms with Crippen LogP contribution in [0.25, 0.3) is 0 Å². The van der Waals surface area contributed by atoms with Gasteiger partial charge in [-0.1, -0.05) is 25.6 Å². The molecule has 0 aromatic carbocycles. The first-order valence-electron chi connectivity index (χ1n) is 4.80. The molecule has 0 spiro atoms. The third kappa shape index (κ3) is 6.74. The molecule has 0 rings (SSSR count). The Hall–Kier alpha value is 0.330. The molecule has 14 heavy (non-hydrogen) atoms. The SMILES string of the molecule is CC(C)C(=O)SC(C)(C)CSCCO. The lowest BCUT2D eigenvalue weighted by atomic mass is 10.2. The molecule has 0 fully saturated rings. The van der Waals surface area contributed by atoms with Gasteiger partial charge in [-0.05, 0) is 13.8 Å². The normalized spacial score (nSPS) is 12.1. The average molecular weight is 236 g/mol. The minimum Gasteiger partial charge on any atom is -0.396 e. The predicted molar refractivity (Wildman–Crippen MR) is 65.9 cm³/mol. The number of carbonyl (C=O) groups excluding carboxylic acids is 1. The number of thioether (sulfide) groups is 2. The smallest absolute Gasteiger partial charge is 0.192 e. The lowest BCUT2D eigenvalue weighted by Crippen LogP contribution is -2.23. The Kier molecular flexibility index (Phi) is 6.91. The molecule has 0 aliphatic rings. The molecule has 0 aliphatic carbocycles. The summed E-state index contributed by atoms with van der Waals surface area (Å²) in [4.78, 5) is 11.5. The van der Waals surface area contributed by atoms with E-state index in [9.17, 15) is 4.79 Å². The molecule has 0 aromatic heterocycles. The van der Waals surface area contributed by atoms with Gasteiger partial charge in [0.15, 0.2) is 5.12 Å². The number of hydrogen-bond acceptors (Lipinski definition) is 4. The second-order valence-corrected chi connectivity index (χ2v) is 6.93. The van der Waals surface area contributed by atoms with E-state index >= 15 is 0 Å². The number of hydrogen-bond donors (Lipinski definition) is 1. The third-order valence-electron chi connectivity index (χ3n) is 1.53. The summed E-state index contributed by atoms with van der Waals surface area (Å²) in [5, 5.41) is 8.89. The first-order chi connectivity index (χ1) is 6.39. The van der Waals surface area contributed by atoms with Gasteiger partial charge in [-0.25, -0.2) is 0 Å². The molecule has 0 bridgehead atoms. The second-order valence-electron chi connectivity index (χ2n) is 4.11. The lowest BCUT2D eigenvalue weighted by molar-refractivity contribution is -0.113. The molecule has 4 heteroatoms. The van der Waals surface area contributed by atoms with Crippen LogP contribution in [0.15, 0.2) is 0 Å². The minimum absolute atomic E-state index is 0.0266. The van der Waals surface area contributed by atoms with Gasteiger partial charge >= 0.3 is 0 Å². The van der Waals surface area contributed by atoms with Gasteiger partial charge in [0.25, 0.3) is 0 Å². The van der Waals surface area contributed by atoms with Gasteiger partial charge in [-0.3, -0.25) is 4.79 Å². The Morgan fingerprint density at radius 1 is 1.43 bits per heavy atom. The Labute approximate surface area is 95.2 Å². The van der Waals surface area contributed by atoms with Gasteiger partial charge in [0.2, 0.25) is 0 Å². The highest BCUT2D eigenvalue weighted by Crippen LogP contribution is 2.30. The highest BCUT2D eigenvalue weighted by molar-refractivity contribution is 8.15. The Balaban J connectivity index is 3.87. The van der Waals surface area contributed by atoms with Gasteiger partial charge in [0.05, 0.1) is 6.61 Å². The number of rotatable bonds is 6. The van der Waals surface area contributed by atoms with E-state index in [0.29, 0.717) is 0 Å². The van der Waals surface area contributed by atoms with Crippen LogP contribution in [0.3, 0.4) is 0 Å². The van der Waals surface area contributed by atoms with Gasteiger partial charge in [-0.15, -0.1) is 0 Å². The molecule has 0 radical (unpaired) electrons. The Morgan fingerprint density at radius 3 is 2.43 bits per heavy atom. The maximum atomic E-state index is 11.5. The van der Waals surface area contributed by atoms with E-state index in [1.807, 2.05) is 13.8 Å². The standard InChI is InChI=1S/C10H20O2S2/c1-8(2)9(12)14-10(3,4)7-13-6-5-11/h8,11H,5-7H2,1-4H3. The van der Waals surface area contributed by atoms with Crippen molar-refractivity contribution in [3.05, 3.63) is 0 Å². The van der Waals surface area contributed by atoms with Crippen LogP contribution in [0.2, 0.25) is 0 Å². The van der Waals surface area contributed by atoms with Gasteiger partial charge < -0.3 is 5.11 Å². The molecule has 0 unspecified atom stereocenters. The molecule has 0 saturated heterocycles. The number of carbonyl (C=O) groups is 1. The van der Waals surface area contributed by atoms with E-state index in [4.69, 9.17) is 5.11 Å². The monoisotopic (exact) mass is 236 g/mol. The summed E-state index contributed by atoms with van der Waals surface area (Å²) in [7, 11) is 0. The average Bonchev–Trinajstić information content (AvgIpc) is 2.03. The van der Waals surface area contributed by atoms with E-state index < -0.39 is 0 Å². The largest absolute Gasteiger partial charge is 0.396 e. The van der Waals surface area contributed by atoms with Crippen molar-refractivity contribution in [2.45, 2.75) is 32.4 Å². The molecule has 0 aliphatic heterocycles. The Morgan fingerprint density at radius 2 is 2.00 bits per heavy atom. The lowest BCUT2D eigenvalue weighted by Gasteiger charge is -2.23. The fourth-order valence-corrected chi connectivity index (χ4v) is 2.83. The van der Waals surface area contributed by atoms with Gasteiger partial charge in [0.1, 0.15) is 0 Å². The summed E-state index contributed by atoms with van der Waals surface area (Å²) in [5.41, 5.74) is 0. The molecular formula is C10H20O2S2. The highest BCUT2D eigenvalue weighted by atomic mass is 32.2. The zero-order valence-corrected chi connectivity index (χ0v) is 11.0. The maximum Gasteiger partial charge on any atom is 0.192 e. The molecule has 0 saturated carbocycles. The van der Waals surface area contributed by atoms with Crippen molar-refractivity contribution in [2.75, 3.05) is 18.1 Å². The van der Waals surface area contributed by atoms with Crippen molar-refractivity contribution >= 4 is 28.6 Å². The molecule has 0 heterocycles. The van der Waals surface area contributed by atoms with Crippen molar-refractivity contribution in [1.82, 2.24) is 0 Å².